The Balaban J connectivity index is 3.13. The first-order valence-electron chi connectivity index (χ1n) is 6.39. The van der Waals surface area contributed by atoms with Gasteiger partial charge in [-0.25, -0.2) is 0 Å². The van der Waals surface area contributed by atoms with Gasteiger partial charge >= 0.3 is 0 Å². The van der Waals surface area contributed by atoms with Crippen LogP contribution in [0.1, 0.15) is 47.0 Å². The average molecular weight is 229 g/mol. The van der Waals surface area contributed by atoms with Crippen molar-refractivity contribution in [1.82, 2.24) is 5.32 Å². The summed E-state index contributed by atoms with van der Waals surface area (Å²) >= 11 is 0. The Morgan fingerprint density at radius 3 is 2.38 bits per heavy atom. The van der Waals surface area contributed by atoms with E-state index in [2.05, 4.69) is 19.2 Å². The van der Waals surface area contributed by atoms with E-state index in [9.17, 15) is 4.79 Å². The van der Waals surface area contributed by atoms with Crippen LogP contribution in [0.2, 0.25) is 0 Å². The van der Waals surface area contributed by atoms with E-state index in [1.807, 2.05) is 13.8 Å². The van der Waals surface area contributed by atoms with E-state index in [1.165, 1.54) is 0 Å². The van der Waals surface area contributed by atoms with Crippen LogP contribution in [0.5, 0.6) is 0 Å². The minimum Gasteiger partial charge on any atom is -0.379 e. The van der Waals surface area contributed by atoms with Gasteiger partial charge in [0.25, 0.3) is 0 Å². The maximum Gasteiger partial charge on any atom is 0.149 e. The Kier molecular flexibility index (Phi) is 9.54. The highest BCUT2D eigenvalue weighted by Gasteiger charge is 2.05. The molecule has 1 N–H and O–H groups in total. The summed E-state index contributed by atoms with van der Waals surface area (Å²) in [5, 5.41) is 3.18. The van der Waals surface area contributed by atoms with E-state index >= 15 is 0 Å². The monoisotopic (exact) mass is 229 g/mol. The molecule has 96 valence electrons. The van der Waals surface area contributed by atoms with Gasteiger partial charge < -0.3 is 10.1 Å². The highest BCUT2D eigenvalue weighted by atomic mass is 16.5. The van der Waals surface area contributed by atoms with Crippen LogP contribution in [0.25, 0.3) is 0 Å². The molecule has 0 aliphatic carbocycles. The van der Waals surface area contributed by atoms with Gasteiger partial charge in [-0.05, 0) is 39.7 Å². The van der Waals surface area contributed by atoms with Crippen LogP contribution in [0.4, 0.5) is 0 Å². The molecule has 0 aromatic carbocycles. The number of rotatable bonds is 10. The number of hydrogen-bond donors (Lipinski definition) is 1. The van der Waals surface area contributed by atoms with Crippen LogP contribution in [-0.2, 0) is 9.53 Å². The Hall–Kier alpha value is -0.410. The first-order chi connectivity index (χ1) is 7.54. The summed E-state index contributed by atoms with van der Waals surface area (Å²) in [6, 6.07) is 0. The molecule has 0 fully saturated rings. The van der Waals surface area contributed by atoms with Crippen molar-refractivity contribution in [2.24, 2.45) is 5.92 Å². The summed E-state index contributed by atoms with van der Waals surface area (Å²) in [5.74, 6) is 0.440. The topological polar surface area (TPSA) is 38.3 Å². The van der Waals surface area contributed by atoms with Crippen LogP contribution in [0.15, 0.2) is 0 Å². The van der Waals surface area contributed by atoms with Crippen LogP contribution in [0, 0.1) is 5.92 Å². The van der Waals surface area contributed by atoms with E-state index in [0.717, 1.165) is 32.4 Å². The standard InChI is InChI=1S/C13H27NO2/c1-11(2)13(15)10-14-8-6-5-7-9-16-12(3)4/h11-12,14H,5-10H2,1-4H3. The van der Waals surface area contributed by atoms with Crippen molar-refractivity contribution in [1.29, 1.82) is 0 Å². The SMILES string of the molecule is CC(C)OCCCCCNCC(=O)C(C)C. The van der Waals surface area contributed by atoms with Gasteiger partial charge in [-0.1, -0.05) is 13.8 Å². The number of carbonyl (C=O) groups excluding carboxylic acids is 1. The molecule has 0 bridgehead atoms. The zero-order valence-corrected chi connectivity index (χ0v) is 11.2. The molecule has 0 radical (unpaired) electrons. The second-order valence-electron chi connectivity index (χ2n) is 4.78. The van der Waals surface area contributed by atoms with Crippen molar-refractivity contribution in [3.63, 3.8) is 0 Å². The van der Waals surface area contributed by atoms with Crippen molar-refractivity contribution >= 4 is 5.78 Å². The molecule has 0 amide bonds. The van der Waals surface area contributed by atoms with Gasteiger partial charge in [0.1, 0.15) is 5.78 Å². The van der Waals surface area contributed by atoms with Crippen molar-refractivity contribution in [2.45, 2.75) is 53.1 Å². The largest absolute Gasteiger partial charge is 0.379 e. The zero-order valence-electron chi connectivity index (χ0n) is 11.2. The summed E-state index contributed by atoms with van der Waals surface area (Å²) < 4.78 is 5.44. The molecule has 0 aromatic rings. The number of hydrogen-bond acceptors (Lipinski definition) is 3. The smallest absolute Gasteiger partial charge is 0.149 e. The van der Waals surface area contributed by atoms with Crippen molar-refractivity contribution in [3.05, 3.63) is 0 Å². The maximum absolute atomic E-state index is 11.3. The molecule has 0 aromatic heterocycles. The number of Topliss-reactive ketones (excluding diaryl/α,β-unsaturated/α-hetero) is 1. The van der Waals surface area contributed by atoms with E-state index in [-0.39, 0.29) is 5.92 Å². The third-order valence-corrected chi connectivity index (χ3v) is 2.39. The Bertz CT molecular complexity index is 179. The van der Waals surface area contributed by atoms with Gasteiger partial charge in [0.2, 0.25) is 0 Å². The number of carbonyl (C=O) groups is 1. The van der Waals surface area contributed by atoms with E-state index in [1.54, 1.807) is 0 Å². The third kappa shape index (κ3) is 10.1. The molecule has 0 rings (SSSR count). The highest BCUT2D eigenvalue weighted by Crippen LogP contribution is 1.97. The molecular weight excluding hydrogens is 202 g/mol. The van der Waals surface area contributed by atoms with Gasteiger partial charge in [-0.2, -0.15) is 0 Å². The highest BCUT2D eigenvalue weighted by molar-refractivity contribution is 5.82. The van der Waals surface area contributed by atoms with Gasteiger partial charge in [0.15, 0.2) is 0 Å². The molecule has 0 spiro atoms. The summed E-state index contributed by atoms with van der Waals surface area (Å²) in [7, 11) is 0. The molecule has 0 heterocycles. The fourth-order valence-electron chi connectivity index (χ4n) is 1.26. The molecule has 0 atom stereocenters. The van der Waals surface area contributed by atoms with Crippen molar-refractivity contribution < 1.29 is 9.53 Å². The van der Waals surface area contributed by atoms with Crippen molar-refractivity contribution in [3.8, 4) is 0 Å². The lowest BCUT2D eigenvalue weighted by Crippen LogP contribution is -2.26. The van der Waals surface area contributed by atoms with Crippen molar-refractivity contribution in [2.75, 3.05) is 19.7 Å². The van der Waals surface area contributed by atoms with Gasteiger partial charge in [-0.3, -0.25) is 4.79 Å². The summed E-state index contributed by atoms with van der Waals surface area (Å²) in [5.41, 5.74) is 0. The Morgan fingerprint density at radius 2 is 1.81 bits per heavy atom. The fourth-order valence-corrected chi connectivity index (χ4v) is 1.26. The molecular formula is C13H27NO2. The second-order valence-corrected chi connectivity index (χ2v) is 4.78. The van der Waals surface area contributed by atoms with E-state index < -0.39 is 0 Å². The lowest BCUT2D eigenvalue weighted by atomic mass is 10.1. The second kappa shape index (κ2) is 9.79. The minimum absolute atomic E-state index is 0.145. The summed E-state index contributed by atoms with van der Waals surface area (Å²) in [4.78, 5) is 11.3. The number of nitrogens with one attached hydrogen (secondary N) is 1. The van der Waals surface area contributed by atoms with Crippen LogP contribution < -0.4 is 5.32 Å². The molecule has 0 saturated carbocycles. The molecule has 3 nitrogen and oxygen atoms in total. The first-order valence-corrected chi connectivity index (χ1v) is 6.39. The van der Waals surface area contributed by atoms with Gasteiger partial charge in [-0.15, -0.1) is 0 Å². The Morgan fingerprint density at radius 1 is 1.12 bits per heavy atom. The van der Waals surface area contributed by atoms with Crippen LogP contribution in [-0.4, -0.2) is 31.6 Å². The molecule has 0 unspecified atom stereocenters. The molecule has 16 heavy (non-hydrogen) atoms. The summed E-state index contributed by atoms with van der Waals surface area (Å²) in [6.45, 7) is 10.3. The normalized spacial score (nSPS) is 11.4. The van der Waals surface area contributed by atoms with Crippen LogP contribution in [0.3, 0.4) is 0 Å². The number of unbranched alkanes of at least 4 members (excludes halogenated alkanes) is 2. The lowest BCUT2D eigenvalue weighted by Gasteiger charge is -2.08. The van der Waals surface area contributed by atoms with Gasteiger partial charge in [0, 0.05) is 12.5 Å². The predicted octanol–water partition coefficient (Wildman–Crippen LogP) is 2.40. The van der Waals surface area contributed by atoms with E-state index in [4.69, 9.17) is 4.74 Å². The molecule has 3 heteroatoms. The van der Waals surface area contributed by atoms with Crippen LogP contribution >= 0.6 is 0 Å². The third-order valence-electron chi connectivity index (χ3n) is 2.39. The summed E-state index contributed by atoms with van der Waals surface area (Å²) in [6.07, 6.45) is 3.72. The number of ketones is 1. The average Bonchev–Trinajstić information content (AvgIpc) is 2.21. The first kappa shape index (κ1) is 15.6. The molecule has 0 aliphatic rings. The number of ether oxygens (including phenoxy) is 1. The molecule has 0 saturated heterocycles. The Labute approximate surface area is 99.9 Å². The predicted molar refractivity (Wildman–Crippen MR) is 67.7 cm³/mol. The minimum atomic E-state index is 0.145. The zero-order chi connectivity index (χ0) is 12.4. The van der Waals surface area contributed by atoms with E-state index in [0.29, 0.717) is 18.4 Å². The maximum atomic E-state index is 11.3. The lowest BCUT2D eigenvalue weighted by molar-refractivity contribution is -0.121. The fraction of sp³-hybridized carbons (Fsp3) is 0.923. The molecule has 0 aliphatic heterocycles. The quantitative estimate of drug-likeness (QED) is 0.585. The van der Waals surface area contributed by atoms with Gasteiger partial charge in [0.05, 0.1) is 12.6 Å².